The molecule has 40 heavy (non-hydrogen) atoms. The highest BCUT2D eigenvalue weighted by Crippen LogP contribution is 2.25. The van der Waals surface area contributed by atoms with Crippen molar-refractivity contribution < 1.29 is 4.79 Å². The maximum absolute atomic E-state index is 12.9. The molecule has 0 saturated carbocycles. The molecule has 5 rings (SSSR count). The Kier molecular flexibility index (Phi) is 8.60. The van der Waals surface area contributed by atoms with E-state index in [4.69, 9.17) is 0 Å². The van der Waals surface area contributed by atoms with Crippen LogP contribution in [0.1, 0.15) is 33.3 Å². The first-order chi connectivity index (χ1) is 19.4. The number of anilines is 2. The number of rotatable bonds is 10. The van der Waals surface area contributed by atoms with Gasteiger partial charge in [0.05, 0.1) is 11.9 Å². The maximum atomic E-state index is 12.9. The molecule has 1 fully saturated rings. The van der Waals surface area contributed by atoms with Gasteiger partial charge >= 0.3 is 0 Å². The number of para-hydroxylation sites is 1. The third kappa shape index (κ3) is 6.25. The number of nitrogens with zero attached hydrogens (tertiary/aromatic N) is 7. The van der Waals surface area contributed by atoms with Crippen molar-refractivity contribution in [1.82, 2.24) is 30.0 Å². The van der Waals surface area contributed by atoms with Gasteiger partial charge in [-0.2, -0.15) is 0 Å². The zero-order valence-electron chi connectivity index (χ0n) is 24.0. The smallest absolute Gasteiger partial charge is 0.224 e. The summed E-state index contributed by atoms with van der Waals surface area (Å²) in [5.41, 5.74) is 2.00. The summed E-state index contributed by atoms with van der Waals surface area (Å²) < 4.78 is 2.03. The van der Waals surface area contributed by atoms with Crippen molar-refractivity contribution in [3.8, 4) is 5.82 Å². The van der Waals surface area contributed by atoms with Crippen LogP contribution in [0, 0.1) is 0 Å². The van der Waals surface area contributed by atoms with Crippen LogP contribution in [0.15, 0.2) is 67.0 Å². The molecule has 0 radical (unpaired) electrons. The van der Waals surface area contributed by atoms with E-state index < -0.39 is 0 Å². The maximum Gasteiger partial charge on any atom is 0.224 e. The normalized spacial score (nSPS) is 14.1. The first-order valence-corrected chi connectivity index (χ1v) is 14.3. The number of benzene rings is 1. The lowest BCUT2D eigenvalue weighted by Crippen LogP contribution is -2.47. The van der Waals surface area contributed by atoms with E-state index in [-0.39, 0.29) is 5.91 Å². The van der Waals surface area contributed by atoms with Crippen LogP contribution in [0.3, 0.4) is 0 Å². The number of nitrogens with one attached hydrogen (secondary N) is 1. The lowest BCUT2D eigenvalue weighted by atomic mass is 10.1. The molecule has 1 aliphatic heterocycles. The topological polar surface area (TPSA) is 82.4 Å². The van der Waals surface area contributed by atoms with Gasteiger partial charge in [-0.1, -0.05) is 24.3 Å². The van der Waals surface area contributed by atoms with E-state index in [9.17, 15) is 4.79 Å². The molecular weight excluding hydrogens is 500 g/mol. The molecule has 1 N–H and O–H groups in total. The van der Waals surface area contributed by atoms with Crippen LogP contribution in [0.4, 0.5) is 11.6 Å². The molecule has 9 nitrogen and oxygen atoms in total. The fourth-order valence-corrected chi connectivity index (χ4v) is 5.57. The Morgan fingerprint density at radius 3 is 2.15 bits per heavy atom. The minimum absolute atomic E-state index is 0.0293. The standard InChI is InChI=1S/C31H40N8O/c1-23(2)38(24(3)4)16-15-33-31(40)21-25-22-39(27-10-6-5-9-26(25)27)30-13-12-29(34-35-30)37-19-17-36(18-20-37)28-11-7-8-14-32-28/h5-14,22-24H,15-21H2,1-4H3,(H,33,40). The summed E-state index contributed by atoms with van der Waals surface area (Å²) in [5.74, 6) is 2.66. The van der Waals surface area contributed by atoms with E-state index >= 15 is 0 Å². The minimum atomic E-state index is 0.0293. The lowest BCUT2D eigenvalue weighted by Gasteiger charge is -2.35. The van der Waals surface area contributed by atoms with Crippen LogP contribution in [-0.4, -0.2) is 81.9 Å². The molecule has 0 aliphatic carbocycles. The largest absolute Gasteiger partial charge is 0.355 e. The van der Waals surface area contributed by atoms with Gasteiger partial charge in [0, 0.05) is 69.1 Å². The highest BCUT2D eigenvalue weighted by molar-refractivity contribution is 5.90. The molecule has 1 aromatic carbocycles. The number of carbonyl (C=O) groups excluding carboxylic acids is 1. The van der Waals surface area contributed by atoms with Crippen molar-refractivity contribution in [2.24, 2.45) is 0 Å². The second kappa shape index (κ2) is 12.5. The highest BCUT2D eigenvalue weighted by atomic mass is 16.1. The van der Waals surface area contributed by atoms with E-state index in [1.807, 2.05) is 53.4 Å². The number of hydrogen-bond acceptors (Lipinski definition) is 7. The van der Waals surface area contributed by atoms with Crippen molar-refractivity contribution in [2.45, 2.75) is 46.2 Å². The Morgan fingerprint density at radius 2 is 1.50 bits per heavy atom. The molecule has 1 amide bonds. The first kappa shape index (κ1) is 27.6. The summed E-state index contributed by atoms with van der Waals surface area (Å²) in [5, 5.41) is 13.3. The molecule has 4 heterocycles. The molecule has 1 saturated heterocycles. The molecule has 9 heteroatoms. The monoisotopic (exact) mass is 540 g/mol. The number of fused-ring (bicyclic) bond motifs is 1. The third-order valence-corrected chi connectivity index (χ3v) is 7.62. The summed E-state index contributed by atoms with van der Waals surface area (Å²) in [6.45, 7) is 13.7. The number of aromatic nitrogens is 4. The van der Waals surface area contributed by atoms with E-state index in [1.165, 1.54) is 0 Å². The Hall–Kier alpha value is -3.98. The van der Waals surface area contributed by atoms with Crippen LogP contribution >= 0.6 is 0 Å². The SMILES string of the molecule is CC(C)N(CCNC(=O)Cc1cn(-c2ccc(N3CCN(c4ccccn4)CC3)nn2)c2ccccc12)C(C)C. The van der Waals surface area contributed by atoms with Gasteiger partial charge in [0.1, 0.15) is 5.82 Å². The van der Waals surface area contributed by atoms with Crippen LogP contribution in [-0.2, 0) is 11.2 Å². The van der Waals surface area contributed by atoms with E-state index in [0.717, 1.165) is 66.6 Å². The molecule has 0 atom stereocenters. The number of pyridine rings is 1. The fraction of sp³-hybridized carbons (Fsp3) is 0.419. The van der Waals surface area contributed by atoms with Crippen LogP contribution < -0.4 is 15.1 Å². The zero-order valence-corrected chi connectivity index (χ0v) is 24.0. The van der Waals surface area contributed by atoms with Crippen molar-refractivity contribution in [1.29, 1.82) is 0 Å². The molecular formula is C31H40N8O. The third-order valence-electron chi connectivity index (χ3n) is 7.62. The summed E-state index contributed by atoms with van der Waals surface area (Å²) in [6, 6.07) is 19.1. The van der Waals surface area contributed by atoms with Gasteiger partial charge in [-0.3, -0.25) is 14.3 Å². The van der Waals surface area contributed by atoms with E-state index in [2.05, 4.69) is 81.1 Å². The summed E-state index contributed by atoms with van der Waals surface area (Å²) >= 11 is 0. The van der Waals surface area contributed by atoms with Crippen molar-refractivity contribution in [3.63, 3.8) is 0 Å². The predicted molar refractivity (Wildman–Crippen MR) is 161 cm³/mol. The average Bonchev–Trinajstić information content (AvgIpc) is 3.33. The van der Waals surface area contributed by atoms with E-state index in [1.54, 1.807) is 0 Å². The lowest BCUT2D eigenvalue weighted by molar-refractivity contribution is -0.120. The van der Waals surface area contributed by atoms with Crippen LogP contribution in [0.5, 0.6) is 0 Å². The molecule has 3 aromatic heterocycles. The molecule has 0 bridgehead atoms. The quantitative estimate of drug-likeness (QED) is 0.327. The zero-order chi connectivity index (χ0) is 28.1. The summed E-state index contributed by atoms with van der Waals surface area (Å²) in [4.78, 5) is 24.3. The van der Waals surface area contributed by atoms with Gasteiger partial charge < -0.3 is 15.1 Å². The summed E-state index contributed by atoms with van der Waals surface area (Å²) in [7, 11) is 0. The molecule has 0 spiro atoms. The number of piperazine rings is 1. The van der Waals surface area contributed by atoms with Gasteiger partial charge in [-0.15, -0.1) is 10.2 Å². The van der Waals surface area contributed by atoms with Gasteiger partial charge in [0.25, 0.3) is 0 Å². The second-order valence-corrected chi connectivity index (χ2v) is 10.9. The molecule has 1 aliphatic rings. The average molecular weight is 541 g/mol. The van der Waals surface area contributed by atoms with Crippen molar-refractivity contribution >= 4 is 28.4 Å². The molecule has 0 unspecified atom stereocenters. The predicted octanol–water partition coefficient (Wildman–Crippen LogP) is 3.92. The van der Waals surface area contributed by atoms with Crippen LogP contribution in [0.2, 0.25) is 0 Å². The number of carbonyl (C=O) groups is 1. The molecule has 210 valence electrons. The van der Waals surface area contributed by atoms with Crippen molar-refractivity contribution in [3.05, 3.63) is 72.6 Å². The highest BCUT2D eigenvalue weighted by Gasteiger charge is 2.20. The summed E-state index contributed by atoms with van der Waals surface area (Å²) in [6.07, 6.45) is 4.18. The molecule has 4 aromatic rings. The van der Waals surface area contributed by atoms with E-state index in [0.29, 0.717) is 25.0 Å². The number of hydrogen-bond donors (Lipinski definition) is 1. The van der Waals surface area contributed by atoms with Crippen molar-refractivity contribution in [2.75, 3.05) is 49.1 Å². The minimum Gasteiger partial charge on any atom is -0.355 e. The van der Waals surface area contributed by atoms with Gasteiger partial charge in [0.2, 0.25) is 5.91 Å². The second-order valence-electron chi connectivity index (χ2n) is 10.9. The Balaban J connectivity index is 1.24. The Labute approximate surface area is 236 Å². The van der Waals surface area contributed by atoms with Gasteiger partial charge in [-0.05, 0) is 63.6 Å². The fourth-order valence-electron chi connectivity index (χ4n) is 5.57. The van der Waals surface area contributed by atoms with Gasteiger partial charge in [0.15, 0.2) is 11.6 Å². The number of amides is 1. The first-order valence-electron chi connectivity index (χ1n) is 14.3. The van der Waals surface area contributed by atoms with Crippen LogP contribution in [0.25, 0.3) is 16.7 Å². The Morgan fingerprint density at radius 1 is 0.850 bits per heavy atom. The Bertz CT molecular complexity index is 1380. The van der Waals surface area contributed by atoms with Gasteiger partial charge in [-0.25, -0.2) is 4.98 Å².